The molecule has 0 radical (unpaired) electrons. The van der Waals surface area contributed by atoms with Gasteiger partial charge < -0.3 is 14.4 Å². The Balaban J connectivity index is 1.44. The van der Waals surface area contributed by atoms with Gasteiger partial charge in [0.05, 0.1) is 13.2 Å². The molecule has 132 valence electrons. The van der Waals surface area contributed by atoms with Gasteiger partial charge in [-0.05, 0) is 25.5 Å². The fraction of sp³-hybridized carbons (Fsp3) is 0.421. The third-order valence-corrected chi connectivity index (χ3v) is 4.07. The fourth-order valence-electron chi connectivity index (χ4n) is 2.87. The molecule has 0 N–H and O–H groups in total. The summed E-state index contributed by atoms with van der Waals surface area (Å²) in [4.78, 5) is 22.6. The number of benzene rings is 1. The molecule has 1 aromatic heterocycles. The summed E-state index contributed by atoms with van der Waals surface area (Å²) in [5.41, 5.74) is 2.82. The summed E-state index contributed by atoms with van der Waals surface area (Å²) in [5.74, 6) is -0.0108. The van der Waals surface area contributed by atoms with Crippen molar-refractivity contribution in [3.63, 3.8) is 0 Å². The highest BCUT2D eigenvalue weighted by Gasteiger charge is 2.28. The van der Waals surface area contributed by atoms with Gasteiger partial charge in [0.15, 0.2) is 0 Å². The highest BCUT2D eigenvalue weighted by Crippen LogP contribution is 2.16. The summed E-state index contributed by atoms with van der Waals surface area (Å²) in [6.45, 7) is 5.57. The maximum Gasteiger partial charge on any atom is 0.317 e. The molecule has 1 aliphatic rings. The summed E-state index contributed by atoms with van der Waals surface area (Å²) in [6.07, 6.45) is 0.708. The smallest absolute Gasteiger partial charge is 0.317 e. The molecule has 3 rings (SSSR count). The Morgan fingerprint density at radius 1 is 1.20 bits per heavy atom. The maximum atomic E-state index is 12.3. The van der Waals surface area contributed by atoms with Gasteiger partial charge >= 0.3 is 6.01 Å². The lowest BCUT2D eigenvalue weighted by atomic mass is 10.2. The van der Waals surface area contributed by atoms with Crippen molar-refractivity contribution in [3.05, 3.63) is 53.3 Å². The van der Waals surface area contributed by atoms with Crippen molar-refractivity contribution < 1.29 is 14.3 Å². The van der Waals surface area contributed by atoms with Gasteiger partial charge in [-0.1, -0.05) is 30.3 Å². The zero-order valence-electron chi connectivity index (χ0n) is 14.6. The van der Waals surface area contributed by atoms with E-state index in [4.69, 9.17) is 9.47 Å². The van der Waals surface area contributed by atoms with E-state index >= 15 is 0 Å². The number of carbonyl (C=O) groups excluding carboxylic acids is 1. The lowest BCUT2D eigenvalue weighted by Gasteiger charge is -2.17. The Hall–Kier alpha value is -2.47. The first-order valence-electron chi connectivity index (χ1n) is 8.48. The number of aryl methyl sites for hydroxylation is 2. The monoisotopic (exact) mass is 341 g/mol. The van der Waals surface area contributed by atoms with Crippen LogP contribution in [0.2, 0.25) is 0 Å². The molecule has 6 nitrogen and oxygen atoms in total. The SMILES string of the molecule is Cc1cc(C)nc(O[C@@H]2CCN(C(=O)COCc3ccccc3)C2)n1. The molecule has 1 aliphatic heterocycles. The first-order chi connectivity index (χ1) is 12.1. The number of hydrogen-bond donors (Lipinski definition) is 0. The lowest BCUT2D eigenvalue weighted by Crippen LogP contribution is -2.33. The molecule has 1 aromatic carbocycles. The van der Waals surface area contributed by atoms with E-state index in [1.54, 1.807) is 4.90 Å². The number of aromatic nitrogens is 2. The minimum Gasteiger partial charge on any atom is -0.458 e. The van der Waals surface area contributed by atoms with E-state index in [0.717, 1.165) is 23.4 Å². The quantitative estimate of drug-likeness (QED) is 0.807. The van der Waals surface area contributed by atoms with E-state index in [0.29, 0.717) is 25.7 Å². The van der Waals surface area contributed by atoms with Crippen LogP contribution in [-0.2, 0) is 16.1 Å². The Morgan fingerprint density at radius 2 is 1.92 bits per heavy atom. The fourth-order valence-corrected chi connectivity index (χ4v) is 2.87. The third kappa shape index (κ3) is 5.00. The molecule has 2 heterocycles. The Morgan fingerprint density at radius 3 is 2.64 bits per heavy atom. The van der Waals surface area contributed by atoms with E-state index in [1.807, 2.05) is 50.2 Å². The standard InChI is InChI=1S/C19H23N3O3/c1-14-10-15(2)21-19(20-14)25-17-8-9-22(11-17)18(23)13-24-12-16-6-4-3-5-7-16/h3-7,10,17H,8-9,11-13H2,1-2H3/t17-/m1/s1. The van der Waals surface area contributed by atoms with Crippen LogP contribution >= 0.6 is 0 Å². The largest absolute Gasteiger partial charge is 0.458 e. The van der Waals surface area contributed by atoms with Crippen molar-refractivity contribution >= 4 is 5.91 Å². The van der Waals surface area contributed by atoms with Gasteiger partial charge in [-0.25, -0.2) is 9.97 Å². The molecule has 1 fully saturated rings. The van der Waals surface area contributed by atoms with Crippen LogP contribution in [0.1, 0.15) is 23.4 Å². The highest BCUT2D eigenvalue weighted by atomic mass is 16.5. The van der Waals surface area contributed by atoms with Crippen LogP contribution in [0.25, 0.3) is 0 Å². The van der Waals surface area contributed by atoms with E-state index in [2.05, 4.69) is 9.97 Å². The zero-order valence-corrected chi connectivity index (χ0v) is 14.6. The van der Waals surface area contributed by atoms with Crippen LogP contribution in [-0.4, -0.2) is 46.6 Å². The summed E-state index contributed by atoms with van der Waals surface area (Å²) in [5, 5.41) is 0. The number of hydrogen-bond acceptors (Lipinski definition) is 5. The molecular weight excluding hydrogens is 318 g/mol. The van der Waals surface area contributed by atoms with E-state index in [-0.39, 0.29) is 18.6 Å². The molecule has 0 bridgehead atoms. The predicted molar refractivity (Wildman–Crippen MR) is 93.2 cm³/mol. The molecule has 0 saturated carbocycles. The number of rotatable bonds is 6. The molecule has 6 heteroatoms. The van der Waals surface area contributed by atoms with Crippen LogP contribution in [0.4, 0.5) is 0 Å². The minimum atomic E-state index is -0.0701. The van der Waals surface area contributed by atoms with Crippen LogP contribution in [0.3, 0.4) is 0 Å². The van der Waals surface area contributed by atoms with Crippen molar-refractivity contribution in [2.24, 2.45) is 0 Å². The Kier molecular flexibility index (Phi) is 5.60. The summed E-state index contributed by atoms with van der Waals surface area (Å²) < 4.78 is 11.4. The van der Waals surface area contributed by atoms with Gasteiger partial charge in [-0.15, -0.1) is 0 Å². The molecule has 2 aromatic rings. The summed E-state index contributed by atoms with van der Waals surface area (Å²) >= 11 is 0. The number of nitrogens with zero attached hydrogens (tertiary/aromatic N) is 3. The second-order valence-electron chi connectivity index (χ2n) is 6.28. The van der Waals surface area contributed by atoms with Gasteiger partial charge in [0, 0.05) is 24.4 Å². The zero-order chi connectivity index (χ0) is 17.6. The summed E-state index contributed by atoms with van der Waals surface area (Å²) in [6, 6.07) is 12.1. The molecule has 1 saturated heterocycles. The Bertz CT molecular complexity index is 701. The van der Waals surface area contributed by atoms with Crippen LogP contribution in [0, 0.1) is 13.8 Å². The lowest BCUT2D eigenvalue weighted by molar-refractivity contribution is -0.135. The minimum absolute atomic E-state index is 0.0108. The van der Waals surface area contributed by atoms with Gasteiger partial charge in [-0.2, -0.15) is 0 Å². The molecule has 1 amide bonds. The molecule has 25 heavy (non-hydrogen) atoms. The molecule has 0 aliphatic carbocycles. The molecule has 0 spiro atoms. The van der Waals surface area contributed by atoms with Crippen molar-refractivity contribution in [2.45, 2.75) is 33.0 Å². The van der Waals surface area contributed by atoms with E-state index in [1.165, 1.54) is 0 Å². The van der Waals surface area contributed by atoms with Gasteiger partial charge in [0.1, 0.15) is 12.7 Å². The number of likely N-dealkylation sites (tertiary alicyclic amines) is 1. The molecule has 1 atom stereocenters. The number of ether oxygens (including phenoxy) is 2. The van der Waals surface area contributed by atoms with Crippen molar-refractivity contribution in [3.8, 4) is 6.01 Å². The van der Waals surface area contributed by atoms with Crippen molar-refractivity contribution in [1.29, 1.82) is 0 Å². The average molecular weight is 341 g/mol. The summed E-state index contributed by atoms with van der Waals surface area (Å²) in [7, 11) is 0. The second-order valence-corrected chi connectivity index (χ2v) is 6.28. The molecule has 0 unspecified atom stereocenters. The predicted octanol–water partition coefficient (Wildman–Crippen LogP) is 2.29. The first-order valence-corrected chi connectivity index (χ1v) is 8.48. The number of carbonyl (C=O) groups is 1. The van der Waals surface area contributed by atoms with E-state index < -0.39 is 0 Å². The van der Waals surface area contributed by atoms with E-state index in [9.17, 15) is 4.79 Å². The van der Waals surface area contributed by atoms with Gasteiger partial charge in [0.2, 0.25) is 5.91 Å². The van der Waals surface area contributed by atoms with Crippen molar-refractivity contribution in [1.82, 2.24) is 14.9 Å². The average Bonchev–Trinajstić information content (AvgIpc) is 3.03. The van der Waals surface area contributed by atoms with Crippen molar-refractivity contribution in [2.75, 3.05) is 19.7 Å². The molecular formula is C19H23N3O3. The highest BCUT2D eigenvalue weighted by molar-refractivity contribution is 5.77. The van der Waals surface area contributed by atoms with Crippen LogP contribution in [0.15, 0.2) is 36.4 Å². The Labute approximate surface area is 147 Å². The van der Waals surface area contributed by atoms with Gasteiger partial charge in [0.25, 0.3) is 0 Å². The van der Waals surface area contributed by atoms with Gasteiger partial charge in [-0.3, -0.25) is 4.79 Å². The third-order valence-electron chi connectivity index (χ3n) is 4.07. The topological polar surface area (TPSA) is 64.5 Å². The first kappa shape index (κ1) is 17.4. The second kappa shape index (κ2) is 8.07. The maximum absolute atomic E-state index is 12.3. The normalized spacial score (nSPS) is 16.9. The number of amides is 1. The van der Waals surface area contributed by atoms with Crippen LogP contribution in [0.5, 0.6) is 6.01 Å². The van der Waals surface area contributed by atoms with Crippen LogP contribution < -0.4 is 4.74 Å².